The maximum Gasteiger partial charge on any atom is 0.119 e. The van der Waals surface area contributed by atoms with E-state index in [0.717, 1.165) is 50.4 Å². The fraction of sp³-hybridized carbons (Fsp3) is 0.600. The molecule has 2 heterocycles. The SMILES string of the molecule is COc1ccc(N[C@H]2COC3(CCNCC3)C2)cc1. The van der Waals surface area contributed by atoms with Gasteiger partial charge in [-0.2, -0.15) is 0 Å². The molecule has 4 nitrogen and oxygen atoms in total. The molecule has 1 spiro atoms. The number of anilines is 1. The highest BCUT2D eigenvalue weighted by atomic mass is 16.5. The average molecular weight is 262 g/mol. The molecule has 1 aromatic rings. The molecule has 0 bridgehead atoms. The summed E-state index contributed by atoms with van der Waals surface area (Å²) in [4.78, 5) is 0. The van der Waals surface area contributed by atoms with Gasteiger partial charge >= 0.3 is 0 Å². The first kappa shape index (κ1) is 12.8. The number of benzene rings is 1. The van der Waals surface area contributed by atoms with Gasteiger partial charge in [-0.05, 0) is 56.6 Å². The molecule has 0 aromatic heterocycles. The first-order valence-electron chi connectivity index (χ1n) is 7.05. The fourth-order valence-electron chi connectivity index (χ4n) is 3.09. The van der Waals surface area contributed by atoms with Gasteiger partial charge in [0, 0.05) is 5.69 Å². The van der Waals surface area contributed by atoms with Crippen LogP contribution in [-0.4, -0.2) is 38.4 Å². The summed E-state index contributed by atoms with van der Waals surface area (Å²) >= 11 is 0. The van der Waals surface area contributed by atoms with E-state index in [4.69, 9.17) is 9.47 Å². The first-order valence-corrected chi connectivity index (χ1v) is 7.05. The summed E-state index contributed by atoms with van der Waals surface area (Å²) in [5.41, 5.74) is 1.26. The monoisotopic (exact) mass is 262 g/mol. The van der Waals surface area contributed by atoms with E-state index in [9.17, 15) is 0 Å². The maximum absolute atomic E-state index is 6.08. The van der Waals surface area contributed by atoms with Gasteiger partial charge in [0.25, 0.3) is 0 Å². The lowest BCUT2D eigenvalue weighted by Gasteiger charge is -2.32. The molecular formula is C15H22N2O2. The minimum Gasteiger partial charge on any atom is -0.497 e. The highest BCUT2D eigenvalue weighted by molar-refractivity contribution is 5.47. The smallest absolute Gasteiger partial charge is 0.119 e. The lowest BCUT2D eigenvalue weighted by molar-refractivity contribution is -0.0192. The molecule has 0 amide bonds. The standard InChI is InChI=1S/C15H22N2O2/c1-18-14-4-2-12(3-5-14)17-13-10-15(19-11-13)6-8-16-9-7-15/h2-5,13,16-17H,6-11H2,1H3/t13-/m1/s1. The summed E-state index contributed by atoms with van der Waals surface area (Å²) in [6.07, 6.45) is 3.38. The Bertz CT molecular complexity index is 413. The summed E-state index contributed by atoms with van der Waals surface area (Å²) in [5, 5.41) is 6.96. The van der Waals surface area contributed by atoms with Crippen LogP contribution < -0.4 is 15.4 Å². The highest BCUT2D eigenvalue weighted by Crippen LogP contribution is 2.35. The zero-order valence-electron chi connectivity index (χ0n) is 11.4. The van der Waals surface area contributed by atoms with Crippen molar-refractivity contribution < 1.29 is 9.47 Å². The van der Waals surface area contributed by atoms with E-state index in [1.54, 1.807) is 7.11 Å². The molecule has 0 radical (unpaired) electrons. The second-order valence-corrected chi connectivity index (χ2v) is 5.52. The Balaban J connectivity index is 1.58. The second kappa shape index (κ2) is 5.39. The van der Waals surface area contributed by atoms with Crippen molar-refractivity contribution in [2.75, 3.05) is 32.1 Å². The molecule has 2 aliphatic rings. The van der Waals surface area contributed by atoms with Gasteiger partial charge in [-0.3, -0.25) is 0 Å². The number of piperidine rings is 1. The van der Waals surface area contributed by atoms with Gasteiger partial charge in [-0.25, -0.2) is 0 Å². The molecule has 0 saturated carbocycles. The molecule has 104 valence electrons. The number of hydrogen-bond donors (Lipinski definition) is 2. The molecule has 0 aliphatic carbocycles. The van der Waals surface area contributed by atoms with Crippen LogP contribution in [0.5, 0.6) is 5.75 Å². The Morgan fingerprint density at radius 3 is 2.68 bits per heavy atom. The molecule has 1 aromatic carbocycles. The Kier molecular flexibility index (Phi) is 3.62. The summed E-state index contributed by atoms with van der Waals surface area (Å²) < 4.78 is 11.3. The van der Waals surface area contributed by atoms with E-state index in [1.807, 2.05) is 12.1 Å². The third-order valence-corrected chi connectivity index (χ3v) is 4.18. The third kappa shape index (κ3) is 2.85. The second-order valence-electron chi connectivity index (χ2n) is 5.52. The van der Waals surface area contributed by atoms with Crippen molar-refractivity contribution in [3.63, 3.8) is 0 Å². The largest absolute Gasteiger partial charge is 0.497 e. The Morgan fingerprint density at radius 2 is 2.00 bits per heavy atom. The fourth-order valence-corrected chi connectivity index (χ4v) is 3.09. The Hall–Kier alpha value is -1.26. The number of nitrogens with one attached hydrogen (secondary N) is 2. The number of hydrogen-bond acceptors (Lipinski definition) is 4. The van der Waals surface area contributed by atoms with Crippen LogP contribution in [0.25, 0.3) is 0 Å². The average Bonchev–Trinajstić information content (AvgIpc) is 2.83. The highest BCUT2D eigenvalue weighted by Gasteiger charge is 2.40. The van der Waals surface area contributed by atoms with Gasteiger partial charge in [-0.1, -0.05) is 0 Å². The topological polar surface area (TPSA) is 42.5 Å². The minimum absolute atomic E-state index is 0.120. The van der Waals surface area contributed by atoms with E-state index in [-0.39, 0.29) is 5.60 Å². The molecule has 3 rings (SSSR count). The third-order valence-electron chi connectivity index (χ3n) is 4.18. The predicted octanol–water partition coefficient (Wildman–Crippen LogP) is 2.02. The van der Waals surface area contributed by atoms with Crippen LogP contribution in [0.2, 0.25) is 0 Å². The van der Waals surface area contributed by atoms with Crippen molar-refractivity contribution >= 4 is 5.69 Å². The zero-order chi connectivity index (χ0) is 13.1. The number of rotatable bonds is 3. The van der Waals surface area contributed by atoms with Crippen LogP contribution in [0.1, 0.15) is 19.3 Å². The van der Waals surface area contributed by atoms with Gasteiger partial charge in [0.15, 0.2) is 0 Å². The van der Waals surface area contributed by atoms with Gasteiger partial charge in [0.2, 0.25) is 0 Å². The van der Waals surface area contributed by atoms with E-state index < -0.39 is 0 Å². The summed E-state index contributed by atoms with van der Waals surface area (Å²) in [7, 11) is 1.69. The lowest BCUT2D eigenvalue weighted by Crippen LogP contribution is -2.41. The van der Waals surface area contributed by atoms with E-state index in [1.165, 1.54) is 0 Å². The van der Waals surface area contributed by atoms with Crippen molar-refractivity contribution in [2.24, 2.45) is 0 Å². The first-order chi connectivity index (χ1) is 9.30. The Labute approximate surface area is 114 Å². The van der Waals surface area contributed by atoms with Crippen molar-refractivity contribution in [2.45, 2.75) is 30.9 Å². The summed E-state index contributed by atoms with van der Waals surface area (Å²) in [5.74, 6) is 0.892. The molecule has 2 N–H and O–H groups in total. The molecule has 1 atom stereocenters. The summed E-state index contributed by atoms with van der Waals surface area (Å²) in [6, 6.07) is 8.52. The number of ether oxygens (including phenoxy) is 2. The van der Waals surface area contributed by atoms with E-state index in [2.05, 4.69) is 22.8 Å². The van der Waals surface area contributed by atoms with Crippen LogP contribution >= 0.6 is 0 Å². The maximum atomic E-state index is 6.08. The van der Waals surface area contributed by atoms with Crippen LogP contribution in [0.3, 0.4) is 0 Å². The molecule has 2 aliphatic heterocycles. The van der Waals surface area contributed by atoms with Crippen LogP contribution in [0.15, 0.2) is 24.3 Å². The molecule has 4 heteroatoms. The molecule has 0 unspecified atom stereocenters. The van der Waals surface area contributed by atoms with E-state index >= 15 is 0 Å². The van der Waals surface area contributed by atoms with E-state index in [0.29, 0.717) is 6.04 Å². The lowest BCUT2D eigenvalue weighted by atomic mass is 9.88. The van der Waals surface area contributed by atoms with Crippen molar-refractivity contribution in [3.05, 3.63) is 24.3 Å². The quantitative estimate of drug-likeness (QED) is 0.874. The molecule has 2 fully saturated rings. The van der Waals surface area contributed by atoms with Crippen LogP contribution in [0.4, 0.5) is 5.69 Å². The van der Waals surface area contributed by atoms with Gasteiger partial charge in [-0.15, -0.1) is 0 Å². The van der Waals surface area contributed by atoms with Crippen molar-refractivity contribution in [3.8, 4) is 5.75 Å². The summed E-state index contributed by atoms with van der Waals surface area (Å²) in [6.45, 7) is 2.97. The Morgan fingerprint density at radius 1 is 1.26 bits per heavy atom. The molecular weight excluding hydrogens is 240 g/mol. The van der Waals surface area contributed by atoms with Gasteiger partial charge in [0.05, 0.1) is 25.4 Å². The van der Waals surface area contributed by atoms with Gasteiger partial charge in [0.1, 0.15) is 5.75 Å². The predicted molar refractivity (Wildman–Crippen MR) is 75.8 cm³/mol. The van der Waals surface area contributed by atoms with Crippen molar-refractivity contribution in [1.82, 2.24) is 5.32 Å². The number of methoxy groups -OCH3 is 1. The van der Waals surface area contributed by atoms with Gasteiger partial charge < -0.3 is 20.1 Å². The zero-order valence-corrected chi connectivity index (χ0v) is 11.4. The van der Waals surface area contributed by atoms with Crippen LogP contribution in [-0.2, 0) is 4.74 Å². The molecule has 19 heavy (non-hydrogen) atoms. The normalized spacial score (nSPS) is 25.4. The molecule has 2 saturated heterocycles. The van der Waals surface area contributed by atoms with Crippen molar-refractivity contribution in [1.29, 1.82) is 0 Å². The minimum atomic E-state index is 0.120. The van der Waals surface area contributed by atoms with Crippen LogP contribution in [0, 0.1) is 0 Å².